The van der Waals surface area contributed by atoms with Gasteiger partial charge >= 0.3 is 0 Å². The van der Waals surface area contributed by atoms with Crippen molar-refractivity contribution in [3.05, 3.63) is 47.8 Å². The molecule has 0 aliphatic carbocycles. The molecular weight excluding hydrogens is 286 g/mol. The molecule has 1 saturated heterocycles. The first-order valence-electron chi connectivity index (χ1n) is 6.06. The fourth-order valence-corrected chi connectivity index (χ4v) is 2.38. The molecule has 1 heterocycles. The lowest BCUT2D eigenvalue weighted by atomic mass is 9.99. The molecule has 1 fully saturated rings. The number of nitrogens with zero attached hydrogens (tertiary/aromatic N) is 1. The second-order valence-corrected chi connectivity index (χ2v) is 4.42. The van der Waals surface area contributed by atoms with Gasteiger partial charge in [0.15, 0.2) is 0 Å². The van der Waals surface area contributed by atoms with E-state index in [0.717, 1.165) is 37.3 Å². The molecule has 19 heavy (non-hydrogen) atoms. The highest BCUT2D eigenvalue weighted by molar-refractivity contribution is 5.85. The number of hydrogen-bond donors (Lipinski definition) is 1. The van der Waals surface area contributed by atoms with Gasteiger partial charge in [-0.2, -0.15) is 0 Å². The molecule has 108 valence electrons. The zero-order valence-corrected chi connectivity index (χ0v) is 12.7. The van der Waals surface area contributed by atoms with Gasteiger partial charge in [0.1, 0.15) is 5.82 Å². The van der Waals surface area contributed by atoms with Gasteiger partial charge in [-0.05, 0) is 24.1 Å². The predicted octanol–water partition coefficient (Wildman–Crippen LogP) is 3.11. The first kappa shape index (κ1) is 18.4. The zero-order valence-electron chi connectivity index (χ0n) is 11.1. The van der Waals surface area contributed by atoms with Crippen LogP contribution < -0.4 is 5.32 Å². The van der Waals surface area contributed by atoms with Crippen molar-refractivity contribution in [3.63, 3.8) is 0 Å². The van der Waals surface area contributed by atoms with E-state index < -0.39 is 0 Å². The third-order valence-electron chi connectivity index (χ3n) is 3.40. The van der Waals surface area contributed by atoms with Crippen LogP contribution in [0.1, 0.15) is 17.2 Å². The van der Waals surface area contributed by atoms with Crippen LogP contribution in [0.3, 0.4) is 0 Å². The van der Waals surface area contributed by atoms with E-state index in [1.807, 2.05) is 19.1 Å². The quantitative estimate of drug-likeness (QED) is 0.863. The van der Waals surface area contributed by atoms with E-state index in [1.165, 1.54) is 6.07 Å². The predicted molar refractivity (Wildman–Crippen MR) is 83.0 cm³/mol. The van der Waals surface area contributed by atoms with Crippen LogP contribution in [0.5, 0.6) is 0 Å². The van der Waals surface area contributed by atoms with Gasteiger partial charge in [-0.1, -0.05) is 18.2 Å². The number of hydrogen-bond acceptors (Lipinski definition) is 2. The summed E-state index contributed by atoms with van der Waals surface area (Å²) >= 11 is 0. The lowest BCUT2D eigenvalue weighted by Crippen LogP contribution is -2.44. The Labute approximate surface area is 126 Å². The third-order valence-corrected chi connectivity index (χ3v) is 3.40. The van der Waals surface area contributed by atoms with Crippen molar-refractivity contribution in [1.82, 2.24) is 10.2 Å². The highest BCUT2D eigenvalue weighted by Gasteiger charge is 2.21. The summed E-state index contributed by atoms with van der Waals surface area (Å²) in [5.74, 6) is -0.135. The van der Waals surface area contributed by atoms with E-state index in [1.54, 1.807) is 6.07 Å². The van der Waals surface area contributed by atoms with Crippen LogP contribution in [-0.2, 0) is 0 Å². The van der Waals surface area contributed by atoms with Crippen molar-refractivity contribution in [2.75, 3.05) is 26.2 Å². The minimum atomic E-state index is -0.135. The molecule has 1 aliphatic heterocycles. The smallest absolute Gasteiger partial charge is 0.126 e. The highest BCUT2D eigenvalue weighted by atomic mass is 35.5. The molecule has 1 aromatic carbocycles. The molecule has 0 amide bonds. The topological polar surface area (TPSA) is 15.3 Å². The van der Waals surface area contributed by atoms with Crippen molar-refractivity contribution < 1.29 is 4.39 Å². The van der Waals surface area contributed by atoms with Gasteiger partial charge in [0.2, 0.25) is 0 Å². The Kier molecular flexibility index (Phi) is 8.26. The molecule has 5 heteroatoms. The standard InChI is InChI=1S/C14H19FN2.2ClH/c1-3-14(17-9-7-16-8-10-17)12-5-4-6-13(15)11(12)2;;/h3-6,14,16H,1,7-10H2,2H3;2*1H/t14-;;/m1../s1. The summed E-state index contributed by atoms with van der Waals surface area (Å²) in [6.07, 6.45) is 1.91. The summed E-state index contributed by atoms with van der Waals surface area (Å²) in [6, 6.07) is 5.40. The highest BCUT2D eigenvalue weighted by Crippen LogP contribution is 2.26. The summed E-state index contributed by atoms with van der Waals surface area (Å²) in [6.45, 7) is 9.66. The molecule has 1 N–H and O–H groups in total. The summed E-state index contributed by atoms with van der Waals surface area (Å²) in [5.41, 5.74) is 1.76. The molecular formula is C14H21Cl2FN2. The van der Waals surface area contributed by atoms with Gasteiger partial charge in [-0.25, -0.2) is 4.39 Å². The molecule has 1 atom stereocenters. The number of piperazine rings is 1. The average molecular weight is 307 g/mol. The summed E-state index contributed by atoms with van der Waals surface area (Å²) in [5, 5.41) is 3.32. The van der Waals surface area contributed by atoms with Crippen LogP contribution in [0.4, 0.5) is 4.39 Å². The summed E-state index contributed by atoms with van der Waals surface area (Å²) < 4.78 is 13.6. The molecule has 2 rings (SSSR count). The second kappa shape index (κ2) is 8.54. The fraction of sp³-hybridized carbons (Fsp3) is 0.429. The molecule has 0 spiro atoms. The Balaban J connectivity index is 0.00000162. The molecule has 0 unspecified atom stereocenters. The van der Waals surface area contributed by atoms with Gasteiger partial charge in [0.25, 0.3) is 0 Å². The first-order valence-corrected chi connectivity index (χ1v) is 6.06. The number of halogens is 3. The lowest BCUT2D eigenvalue weighted by Gasteiger charge is -2.34. The maximum Gasteiger partial charge on any atom is 0.126 e. The Morgan fingerprint density at radius 1 is 1.32 bits per heavy atom. The molecule has 1 aliphatic rings. The zero-order chi connectivity index (χ0) is 12.3. The first-order chi connectivity index (χ1) is 8.24. The fourth-order valence-electron chi connectivity index (χ4n) is 2.38. The second-order valence-electron chi connectivity index (χ2n) is 4.42. The van der Waals surface area contributed by atoms with Crippen molar-refractivity contribution in [3.8, 4) is 0 Å². The Morgan fingerprint density at radius 3 is 2.53 bits per heavy atom. The normalized spacial score (nSPS) is 16.9. The van der Waals surface area contributed by atoms with Gasteiger partial charge in [-0.15, -0.1) is 31.4 Å². The molecule has 2 nitrogen and oxygen atoms in total. The van der Waals surface area contributed by atoms with Gasteiger partial charge in [0, 0.05) is 26.2 Å². The minimum absolute atomic E-state index is 0. The van der Waals surface area contributed by atoms with E-state index in [9.17, 15) is 4.39 Å². The Bertz CT molecular complexity index is 406. The maximum atomic E-state index is 13.6. The SMILES string of the molecule is C=C[C@H](c1cccc(F)c1C)N1CCNCC1.Cl.Cl. The molecule has 0 radical (unpaired) electrons. The Morgan fingerprint density at radius 2 is 1.95 bits per heavy atom. The van der Waals surface area contributed by atoms with Crippen LogP contribution in [0.25, 0.3) is 0 Å². The van der Waals surface area contributed by atoms with E-state index in [0.29, 0.717) is 0 Å². The van der Waals surface area contributed by atoms with Crippen molar-refractivity contribution >= 4 is 24.8 Å². The molecule has 0 bridgehead atoms. The summed E-state index contributed by atoms with van der Waals surface area (Å²) in [4.78, 5) is 2.34. The van der Waals surface area contributed by atoms with E-state index in [2.05, 4.69) is 16.8 Å². The van der Waals surface area contributed by atoms with Crippen LogP contribution >= 0.6 is 24.8 Å². The van der Waals surface area contributed by atoms with Crippen LogP contribution in [0.15, 0.2) is 30.9 Å². The van der Waals surface area contributed by atoms with Crippen LogP contribution in [-0.4, -0.2) is 31.1 Å². The third kappa shape index (κ3) is 4.18. The van der Waals surface area contributed by atoms with Gasteiger partial charge in [0.05, 0.1) is 6.04 Å². The number of nitrogens with one attached hydrogen (secondary N) is 1. The van der Waals surface area contributed by atoms with Crippen molar-refractivity contribution in [2.45, 2.75) is 13.0 Å². The van der Waals surface area contributed by atoms with E-state index in [4.69, 9.17) is 0 Å². The van der Waals surface area contributed by atoms with Crippen LogP contribution in [0.2, 0.25) is 0 Å². The Hall–Kier alpha value is -0.610. The molecule has 0 saturated carbocycles. The van der Waals surface area contributed by atoms with Gasteiger partial charge in [-0.3, -0.25) is 4.90 Å². The van der Waals surface area contributed by atoms with Crippen LogP contribution in [0, 0.1) is 12.7 Å². The monoisotopic (exact) mass is 306 g/mol. The maximum absolute atomic E-state index is 13.6. The number of rotatable bonds is 3. The number of benzene rings is 1. The molecule has 0 aromatic heterocycles. The lowest BCUT2D eigenvalue weighted by molar-refractivity contribution is 0.203. The molecule has 1 aromatic rings. The average Bonchev–Trinajstić information content (AvgIpc) is 2.37. The summed E-state index contributed by atoms with van der Waals surface area (Å²) in [7, 11) is 0. The largest absolute Gasteiger partial charge is 0.314 e. The van der Waals surface area contributed by atoms with E-state index >= 15 is 0 Å². The van der Waals surface area contributed by atoms with Crippen molar-refractivity contribution in [2.24, 2.45) is 0 Å². The minimum Gasteiger partial charge on any atom is -0.314 e. The van der Waals surface area contributed by atoms with E-state index in [-0.39, 0.29) is 36.7 Å². The van der Waals surface area contributed by atoms with Crippen molar-refractivity contribution in [1.29, 1.82) is 0 Å². The van der Waals surface area contributed by atoms with Gasteiger partial charge < -0.3 is 5.32 Å².